The van der Waals surface area contributed by atoms with E-state index in [1.54, 1.807) is 0 Å². The molecule has 0 spiro atoms. The molecule has 1 radical (unpaired) electrons. The fraction of sp³-hybridized carbons (Fsp3) is 0. The molecule has 0 aliphatic heterocycles. The Balaban J connectivity index is 1.92. The number of halogens is 3. The summed E-state index contributed by atoms with van der Waals surface area (Å²) in [5.74, 6) is -0.724. The Kier molecular flexibility index (Phi) is 5.48. The maximum atomic E-state index is 13.2. The van der Waals surface area contributed by atoms with E-state index in [4.69, 9.17) is 27.9 Å². The minimum Gasteiger partial charge on any atom is -0.455 e. The lowest BCUT2D eigenvalue weighted by Gasteiger charge is -2.13. The molecule has 3 rings (SSSR count). The van der Waals surface area contributed by atoms with Crippen LogP contribution in [0.1, 0.15) is 10.4 Å². The summed E-state index contributed by atoms with van der Waals surface area (Å²) >= 11 is 12.0. The van der Waals surface area contributed by atoms with Crippen molar-refractivity contribution in [2.24, 2.45) is 0 Å². The van der Waals surface area contributed by atoms with E-state index in [1.807, 2.05) is 0 Å². The summed E-state index contributed by atoms with van der Waals surface area (Å²) in [6.45, 7) is 0. The molecule has 1 amide bonds. The van der Waals surface area contributed by atoms with Crippen LogP contribution in [-0.4, -0.2) is 10.5 Å². The van der Waals surface area contributed by atoms with Gasteiger partial charge in [-0.25, -0.2) is 4.39 Å². The summed E-state index contributed by atoms with van der Waals surface area (Å²) in [7, 11) is 3.50. The van der Waals surface area contributed by atoms with Gasteiger partial charge >= 0.3 is 0 Å². The van der Waals surface area contributed by atoms with E-state index in [9.17, 15) is 14.0 Å². The van der Waals surface area contributed by atoms with Gasteiger partial charge in [0.1, 0.15) is 17.3 Å². The molecule has 27 heavy (non-hydrogen) atoms. The van der Waals surface area contributed by atoms with Crippen molar-refractivity contribution < 1.29 is 13.9 Å². The average Bonchev–Trinajstić information content (AvgIpc) is 2.62. The third kappa shape index (κ3) is 4.48. The molecular formula is C19H12Cl2FN2O3. The lowest BCUT2D eigenvalue weighted by molar-refractivity contribution is 0.102. The van der Waals surface area contributed by atoms with Gasteiger partial charge in [-0.05, 0) is 42.5 Å². The predicted molar refractivity (Wildman–Crippen MR) is 102 cm³/mol. The number of nitrogens with one attached hydrogen (secondary N) is 1. The van der Waals surface area contributed by atoms with Crippen LogP contribution in [0.3, 0.4) is 0 Å². The van der Waals surface area contributed by atoms with E-state index < -0.39 is 11.7 Å². The van der Waals surface area contributed by atoms with Crippen LogP contribution >= 0.6 is 23.2 Å². The highest BCUT2D eigenvalue weighted by molar-refractivity contribution is 6.32. The highest BCUT2D eigenvalue weighted by atomic mass is 35.5. The fourth-order valence-electron chi connectivity index (χ4n) is 2.23. The van der Waals surface area contributed by atoms with Crippen LogP contribution in [0.15, 0.2) is 59.5 Å². The second-order valence-corrected chi connectivity index (χ2v) is 6.34. The van der Waals surface area contributed by atoms with E-state index in [0.717, 1.165) is 10.6 Å². The molecule has 137 valence electrons. The number of carbonyl (C=O) groups is 1. The maximum Gasteiger partial charge on any atom is 0.259 e. The molecule has 0 unspecified atom stereocenters. The molecule has 0 bridgehead atoms. The molecule has 0 saturated heterocycles. The lowest BCUT2D eigenvalue weighted by atomic mass is 10.1. The Bertz CT molecular complexity index is 1080. The summed E-state index contributed by atoms with van der Waals surface area (Å²) in [5.41, 5.74) is 0.0193. The average molecular weight is 406 g/mol. The molecule has 0 fully saturated rings. The lowest BCUT2D eigenvalue weighted by Crippen LogP contribution is -2.18. The van der Waals surface area contributed by atoms with Gasteiger partial charge in [0.2, 0.25) is 0 Å². The van der Waals surface area contributed by atoms with Gasteiger partial charge in [-0.15, -0.1) is 0 Å². The number of carbonyl (C=O) groups excluding carboxylic acids is 1. The highest BCUT2D eigenvalue weighted by Crippen LogP contribution is 2.33. The number of benzene rings is 2. The molecule has 0 aliphatic carbocycles. The van der Waals surface area contributed by atoms with E-state index in [1.165, 1.54) is 48.7 Å². The Morgan fingerprint density at radius 3 is 2.52 bits per heavy atom. The van der Waals surface area contributed by atoms with Crippen molar-refractivity contribution in [3.63, 3.8) is 0 Å². The Hall–Kier alpha value is -2.83. The van der Waals surface area contributed by atoms with Crippen molar-refractivity contribution in [2.45, 2.75) is 0 Å². The first-order valence-electron chi connectivity index (χ1n) is 7.61. The van der Waals surface area contributed by atoms with Crippen molar-refractivity contribution in [3.8, 4) is 11.5 Å². The summed E-state index contributed by atoms with van der Waals surface area (Å²) in [5, 5.41) is 2.95. The zero-order valence-electron chi connectivity index (χ0n) is 13.7. The Morgan fingerprint density at radius 2 is 1.81 bits per heavy atom. The number of hydrogen-bond acceptors (Lipinski definition) is 3. The number of hydrogen-bond donors (Lipinski definition) is 1. The second kappa shape index (κ2) is 7.82. The van der Waals surface area contributed by atoms with Crippen LogP contribution in [0.5, 0.6) is 11.5 Å². The molecule has 0 aliphatic rings. The van der Waals surface area contributed by atoms with Crippen molar-refractivity contribution in [3.05, 3.63) is 93.6 Å². The molecule has 1 N–H and O–H groups in total. The van der Waals surface area contributed by atoms with Gasteiger partial charge in [0, 0.05) is 30.0 Å². The van der Waals surface area contributed by atoms with Gasteiger partial charge in [0.05, 0.1) is 10.6 Å². The summed E-state index contributed by atoms with van der Waals surface area (Å²) < 4.78 is 20.0. The first kappa shape index (κ1) is 18.9. The van der Waals surface area contributed by atoms with Crippen LogP contribution in [-0.2, 0) is 0 Å². The SMILES string of the molecule is [CH2]n1ccc(NC(=O)c2cc(Cl)ccc2Oc2ccc(F)cc2Cl)cc1=O. The Labute approximate surface area is 163 Å². The van der Waals surface area contributed by atoms with Gasteiger partial charge in [-0.1, -0.05) is 23.2 Å². The fourth-order valence-corrected chi connectivity index (χ4v) is 2.61. The summed E-state index contributed by atoms with van der Waals surface area (Å²) in [6.07, 6.45) is 1.42. The number of pyridine rings is 1. The quantitative estimate of drug-likeness (QED) is 0.665. The first-order valence-corrected chi connectivity index (χ1v) is 8.36. The van der Waals surface area contributed by atoms with Crippen LogP contribution in [0.25, 0.3) is 0 Å². The monoisotopic (exact) mass is 405 g/mol. The number of rotatable bonds is 4. The van der Waals surface area contributed by atoms with E-state index >= 15 is 0 Å². The van der Waals surface area contributed by atoms with Gasteiger partial charge in [0.25, 0.3) is 11.5 Å². The van der Waals surface area contributed by atoms with Crippen molar-refractivity contribution in [2.75, 3.05) is 5.32 Å². The minimum absolute atomic E-state index is 0.0513. The number of anilines is 1. The third-order valence-electron chi connectivity index (χ3n) is 3.55. The van der Waals surface area contributed by atoms with Gasteiger partial charge in [-0.3, -0.25) is 9.59 Å². The first-order chi connectivity index (χ1) is 12.8. The summed E-state index contributed by atoms with van der Waals surface area (Å²) in [6, 6.07) is 10.8. The summed E-state index contributed by atoms with van der Waals surface area (Å²) in [4.78, 5) is 24.3. The van der Waals surface area contributed by atoms with Crippen LogP contribution in [0.2, 0.25) is 10.0 Å². The molecular weight excluding hydrogens is 394 g/mol. The van der Waals surface area contributed by atoms with Crippen LogP contribution < -0.4 is 15.6 Å². The van der Waals surface area contributed by atoms with Gasteiger partial charge in [-0.2, -0.15) is 0 Å². The highest BCUT2D eigenvalue weighted by Gasteiger charge is 2.16. The molecule has 5 nitrogen and oxygen atoms in total. The molecule has 0 saturated carbocycles. The van der Waals surface area contributed by atoms with Crippen LogP contribution in [0, 0.1) is 12.9 Å². The van der Waals surface area contributed by atoms with E-state index in [2.05, 4.69) is 12.4 Å². The number of ether oxygens (including phenoxy) is 1. The molecule has 0 atom stereocenters. The van der Waals surface area contributed by atoms with Gasteiger partial charge < -0.3 is 14.6 Å². The maximum absolute atomic E-state index is 13.2. The van der Waals surface area contributed by atoms with E-state index in [0.29, 0.717) is 5.02 Å². The number of amides is 1. The largest absolute Gasteiger partial charge is 0.455 e. The normalized spacial score (nSPS) is 10.5. The van der Waals surface area contributed by atoms with Crippen molar-refractivity contribution in [1.29, 1.82) is 0 Å². The van der Waals surface area contributed by atoms with Crippen molar-refractivity contribution in [1.82, 2.24) is 4.57 Å². The standard InChI is InChI=1S/C19H12Cl2FN2O3/c1-24-7-6-13(10-18(24)25)23-19(26)14-8-11(20)2-4-16(14)27-17-5-3-12(22)9-15(17)21/h2-10H,1H2,(H,23,26). The smallest absolute Gasteiger partial charge is 0.259 e. The number of aromatic nitrogens is 1. The molecule has 1 aromatic heterocycles. The van der Waals surface area contributed by atoms with E-state index in [-0.39, 0.29) is 33.3 Å². The second-order valence-electron chi connectivity index (χ2n) is 5.49. The zero-order valence-corrected chi connectivity index (χ0v) is 15.2. The molecule has 8 heteroatoms. The van der Waals surface area contributed by atoms with Gasteiger partial charge in [0.15, 0.2) is 0 Å². The number of nitrogens with zero attached hydrogens (tertiary/aromatic N) is 1. The zero-order chi connectivity index (χ0) is 19.6. The predicted octanol–water partition coefficient (Wildman–Crippen LogP) is 4.98. The topological polar surface area (TPSA) is 60.3 Å². The molecule has 1 heterocycles. The minimum atomic E-state index is -0.549. The Morgan fingerprint density at radius 1 is 1.07 bits per heavy atom. The molecule has 3 aromatic rings. The van der Waals surface area contributed by atoms with Crippen LogP contribution in [0.4, 0.5) is 10.1 Å². The third-order valence-corrected chi connectivity index (χ3v) is 4.08. The van der Waals surface area contributed by atoms with Crippen molar-refractivity contribution >= 4 is 34.8 Å². The molecule has 2 aromatic carbocycles.